The lowest BCUT2D eigenvalue weighted by Crippen LogP contribution is -2.60. The highest BCUT2D eigenvalue weighted by molar-refractivity contribution is 5.98. The third-order valence-electron chi connectivity index (χ3n) is 9.81. The predicted molar refractivity (Wildman–Crippen MR) is 198 cm³/mol. The maximum atomic E-state index is 14.5. The van der Waals surface area contributed by atoms with E-state index in [1.165, 1.54) is 31.0 Å². The molecule has 0 aliphatic carbocycles. The van der Waals surface area contributed by atoms with Gasteiger partial charge >= 0.3 is 0 Å². The zero-order valence-electron chi connectivity index (χ0n) is 29.9. The molecule has 0 unspecified atom stereocenters. The molecule has 5 rings (SSSR count). The number of benzene rings is 3. The van der Waals surface area contributed by atoms with Gasteiger partial charge in [0.25, 0.3) is 0 Å². The van der Waals surface area contributed by atoms with Gasteiger partial charge in [-0.25, -0.2) is 0 Å². The van der Waals surface area contributed by atoms with E-state index in [1.54, 1.807) is 12.1 Å². The summed E-state index contributed by atoms with van der Waals surface area (Å²) >= 11 is 0. The molecular weight excluding hydrogens is 680 g/mol. The summed E-state index contributed by atoms with van der Waals surface area (Å²) in [5, 5.41) is 30.8. The summed E-state index contributed by atoms with van der Waals surface area (Å²) in [6.45, 7) is 1.74. The Morgan fingerprint density at radius 1 is 0.849 bits per heavy atom. The average molecular weight is 729 g/mol. The molecule has 15 nitrogen and oxygen atoms in total. The number of phenolic OH excluding ortho intramolecular Hbond substituents is 1. The van der Waals surface area contributed by atoms with Gasteiger partial charge in [-0.1, -0.05) is 54.6 Å². The van der Waals surface area contributed by atoms with E-state index in [0.717, 1.165) is 21.2 Å². The van der Waals surface area contributed by atoms with Crippen LogP contribution < -0.4 is 27.4 Å². The molecule has 5 amide bonds. The molecule has 0 aromatic heterocycles. The van der Waals surface area contributed by atoms with Crippen LogP contribution in [-0.4, -0.2) is 112 Å². The van der Waals surface area contributed by atoms with E-state index in [4.69, 9.17) is 11.5 Å². The first kappa shape index (κ1) is 38.5. The zero-order chi connectivity index (χ0) is 38.2. The molecule has 0 spiro atoms. The standard InChI is InChI=1S/C38H48N8O7/c1-22(47)32-37(53)45(2)30(9-5-17-41-38(39)40)34(50)43-29(21-24-11-14-25-7-3-4-8-26(25)19-24)36(52)46-18-6-10-31(46)35(51)42-28(33(49)44-32)20-23-12-15-27(48)16-13-23/h3-4,7-8,11-16,19,22,28-32,47-48H,5-6,9-10,17-18,20-21H2,1-2H3,(H,42,51)(H,43,50)(H,44,49)(H4,39,40,41)/t22-,28-,29+,30+,31+,32+/m1/s1. The summed E-state index contributed by atoms with van der Waals surface area (Å²) in [6, 6.07) is 13.7. The van der Waals surface area contributed by atoms with E-state index >= 15 is 0 Å². The topological polar surface area (TPSA) is 233 Å². The molecule has 0 bridgehead atoms. The number of aliphatic hydroxyl groups is 1. The predicted octanol–water partition coefficient (Wildman–Crippen LogP) is 0.0510. The van der Waals surface area contributed by atoms with Crippen LogP contribution in [-0.2, 0) is 36.8 Å². The van der Waals surface area contributed by atoms with Crippen molar-refractivity contribution in [3.63, 3.8) is 0 Å². The number of guanidine groups is 1. The van der Waals surface area contributed by atoms with Crippen LogP contribution in [0, 0.1) is 0 Å². The highest BCUT2D eigenvalue weighted by Gasteiger charge is 2.42. The summed E-state index contributed by atoms with van der Waals surface area (Å²) in [4.78, 5) is 77.3. The first-order valence-electron chi connectivity index (χ1n) is 17.8. The molecule has 0 radical (unpaired) electrons. The Kier molecular flexibility index (Phi) is 12.5. The summed E-state index contributed by atoms with van der Waals surface area (Å²) < 4.78 is 0. The second kappa shape index (κ2) is 17.2. The molecule has 9 N–H and O–H groups in total. The van der Waals surface area contributed by atoms with Gasteiger partial charge < -0.3 is 47.4 Å². The third kappa shape index (κ3) is 9.60. The second-order valence-electron chi connectivity index (χ2n) is 13.7. The Hall–Kier alpha value is -5.70. The Bertz CT molecular complexity index is 1850. The lowest BCUT2D eigenvalue weighted by Gasteiger charge is -2.33. The Morgan fingerprint density at radius 2 is 1.51 bits per heavy atom. The van der Waals surface area contributed by atoms with Gasteiger partial charge in [-0.05, 0) is 66.6 Å². The van der Waals surface area contributed by atoms with E-state index in [0.29, 0.717) is 18.4 Å². The van der Waals surface area contributed by atoms with Crippen LogP contribution in [0.3, 0.4) is 0 Å². The van der Waals surface area contributed by atoms with Gasteiger partial charge in [0.2, 0.25) is 29.5 Å². The number of carbonyl (C=O) groups excluding carboxylic acids is 5. The maximum absolute atomic E-state index is 14.5. The fourth-order valence-electron chi connectivity index (χ4n) is 6.93. The van der Waals surface area contributed by atoms with Crippen LogP contribution in [0.15, 0.2) is 71.7 Å². The number of hydrogen-bond acceptors (Lipinski definition) is 8. The van der Waals surface area contributed by atoms with Crippen LogP contribution in [0.25, 0.3) is 10.8 Å². The monoisotopic (exact) mass is 728 g/mol. The molecule has 0 saturated carbocycles. The number of nitrogens with one attached hydrogen (secondary N) is 3. The van der Waals surface area contributed by atoms with E-state index in [-0.39, 0.29) is 50.5 Å². The van der Waals surface area contributed by atoms with Crippen LogP contribution in [0.1, 0.15) is 43.7 Å². The van der Waals surface area contributed by atoms with Crippen molar-refractivity contribution >= 4 is 46.3 Å². The van der Waals surface area contributed by atoms with Crippen LogP contribution in [0.4, 0.5) is 0 Å². The van der Waals surface area contributed by atoms with Crippen molar-refractivity contribution in [1.82, 2.24) is 25.8 Å². The number of phenols is 1. The number of nitrogens with zero attached hydrogens (tertiary/aromatic N) is 3. The average Bonchev–Trinajstić information content (AvgIpc) is 3.63. The molecule has 3 aromatic carbocycles. The summed E-state index contributed by atoms with van der Waals surface area (Å²) in [5.41, 5.74) is 12.4. The van der Waals surface area contributed by atoms with Gasteiger partial charge in [0.1, 0.15) is 36.0 Å². The fraction of sp³-hybridized carbons (Fsp3) is 0.421. The normalized spacial score (nSPS) is 23.7. The Morgan fingerprint density at radius 3 is 2.21 bits per heavy atom. The number of aliphatic imine (C=N–C) groups is 1. The highest BCUT2D eigenvalue weighted by Crippen LogP contribution is 2.23. The molecule has 2 aliphatic rings. The van der Waals surface area contributed by atoms with E-state index < -0.39 is 65.8 Å². The summed E-state index contributed by atoms with van der Waals surface area (Å²) in [6.07, 6.45) is -0.114. The van der Waals surface area contributed by atoms with E-state index in [9.17, 15) is 34.2 Å². The Balaban J connectivity index is 1.55. The van der Waals surface area contributed by atoms with Crippen LogP contribution >= 0.6 is 0 Å². The zero-order valence-corrected chi connectivity index (χ0v) is 29.9. The summed E-state index contributed by atoms with van der Waals surface area (Å²) in [7, 11) is 1.39. The third-order valence-corrected chi connectivity index (χ3v) is 9.81. The van der Waals surface area contributed by atoms with Crippen molar-refractivity contribution in [3.8, 4) is 5.75 Å². The van der Waals surface area contributed by atoms with Crippen molar-refractivity contribution in [2.75, 3.05) is 20.1 Å². The number of aliphatic hydroxyl groups excluding tert-OH is 1. The van der Waals surface area contributed by atoms with Crippen molar-refractivity contribution in [1.29, 1.82) is 0 Å². The largest absolute Gasteiger partial charge is 0.508 e. The number of likely N-dealkylation sites (N-methyl/N-ethyl adjacent to an activating group) is 1. The molecule has 15 heteroatoms. The molecule has 53 heavy (non-hydrogen) atoms. The molecule has 2 aliphatic heterocycles. The van der Waals surface area contributed by atoms with Gasteiger partial charge in [0, 0.05) is 33.0 Å². The van der Waals surface area contributed by atoms with Gasteiger partial charge in [-0.15, -0.1) is 0 Å². The van der Waals surface area contributed by atoms with Crippen molar-refractivity contribution < 1.29 is 34.2 Å². The Labute approximate surface area is 307 Å². The van der Waals surface area contributed by atoms with Gasteiger partial charge in [0.15, 0.2) is 5.96 Å². The lowest BCUT2D eigenvalue weighted by atomic mass is 9.99. The number of hydrogen-bond donors (Lipinski definition) is 7. The minimum atomic E-state index is -1.50. The number of nitrogens with two attached hydrogens (primary N) is 2. The molecule has 282 valence electrons. The molecule has 2 saturated heterocycles. The number of aromatic hydroxyl groups is 1. The van der Waals surface area contributed by atoms with Crippen molar-refractivity contribution in [2.24, 2.45) is 16.5 Å². The first-order chi connectivity index (χ1) is 25.3. The lowest BCUT2D eigenvalue weighted by molar-refractivity contribution is -0.145. The van der Waals surface area contributed by atoms with Crippen molar-refractivity contribution in [2.45, 2.75) is 81.8 Å². The molecule has 3 aromatic rings. The van der Waals surface area contributed by atoms with Gasteiger partial charge in [0.05, 0.1) is 6.10 Å². The fourth-order valence-corrected chi connectivity index (χ4v) is 6.93. The molecule has 2 fully saturated rings. The maximum Gasteiger partial charge on any atom is 0.248 e. The first-order valence-corrected chi connectivity index (χ1v) is 17.8. The quantitative estimate of drug-likeness (QED) is 0.0895. The smallest absolute Gasteiger partial charge is 0.248 e. The van der Waals surface area contributed by atoms with E-state index in [2.05, 4.69) is 20.9 Å². The van der Waals surface area contributed by atoms with Crippen LogP contribution in [0.5, 0.6) is 5.75 Å². The number of amides is 5. The molecular formula is C38H48N8O7. The second-order valence-corrected chi connectivity index (χ2v) is 13.7. The minimum Gasteiger partial charge on any atom is -0.508 e. The number of carbonyl (C=O) groups is 5. The van der Waals surface area contributed by atoms with Crippen LogP contribution in [0.2, 0.25) is 0 Å². The number of rotatable bonds is 9. The minimum absolute atomic E-state index is 0.0153. The molecule has 6 atom stereocenters. The summed E-state index contributed by atoms with van der Waals surface area (Å²) in [5.74, 6) is -3.33. The highest BCUT2D eigenvalue weighted by atomic mass is 16.3. The van der Waals surface area contributed by atoms with E-state index in [1.807, 2.05) is 42.5 Å². The van der Waals surface area contributed by atoms with Gasteiger partial charge in [-0.2, -0.15) is 0 Å². The number of fused-ring (bicyclic) bond motifs is 2. The van der Waals surface area contributed by atoms with Gasteiger partial charge in [-0.3, -0.25) is 29.0 Å². The SMILES string of the molecule is C[C@@H](O)[C@@H]1NC(=O)[C@@H](Cc2ccc(O)cc2)NC(=O)[C@@H]2CCCN2C(=O)[C@H](Cc2ccc3ccccc3c2)NC(=O)[C@H](CCCN=C(N)N)N(C)C1=O. The molecule has 2 heterocycles. The van der Waals surface area contributed by atoms with Crippen molar-refractivity contribution in [3.05, 3.63) is 77.9 Å².